The van der Waals surface area contributed by atoms with Crippen LogP contribution in [0.15, 0.2) is 10.4 Å². The first-order valence-corrected chi connectivity index (χ1v) is 10.0. The monoisotopic (exact) mass is 479 g/mol. The molecule has 1 fully saturated rings. The predicted molar refractivity (Wildman–Crippen MR) is 119 cm³/mol. The number of thiazole rings is 1. The minimum absolute atomic E-state index is 0. The Morgan fingerprint density at radius 2 is 2.00 bits per heavy atom. The van der Waals surface area contributed by atoms with Gasteiger partial charge in [-0.3, -0.25) is 9.89 Å². The van der Waals surface area contributed by atoms with Gasteiger partial charge in [0.1, 0.15) is 5.01 Å². The number of aliphatic imine (C=N–C) groups is 1. The van der Waals surface area contributed by atoms with Crippen molar-refractivity contribution < 1.29 is 0 Å². The van der Waals surface area contributed by atoms with E-state index in [1.807, 2.05) is 7.05 Å². The van der Waals surface area contributed by atoms with Crippen molar-refractivity contribution in [2.75, 3.05) is 26.7 Å². The van der Waals surface area contributed by atoms with Crippen LogP contribution in [0.2, 0.25) is 0 Å². The average molecular weight is 479 g/mol. The van der Waals surface area contributed by atoms with E-state index in [-0.39, 0.29) is 24.0 Å². The molecule has 1 saturated heterocycles. The van der Waals surface area contributed by atoms with E-state index in [1.54, 1.807) is 11.3 Å². The van der Waals surface area contributed by atoms with Gasteiger partial charge in [-0.25, -0.2) is 4.98 Å². The smallest absolute Gasteiger partial charge is 0.191 e. The van der Waals surface area contributed by atoms with E-state index in [2.05, 4.69) is 58.6 Å². The lowest BCUT2D eigenvalue weighted by molar-refractivity contribution is 0.147. The van der Waals surface area contributed by atoms with Gasteiger partial charge in [0.05, 0.1) is 12.2 Å². The molecule has 2 heterocycles. The van der Waals surface area contributed by atoms with E-state index >= 15 is 0 Å². The summed E-state index contributed by atoms with van der Waals surface area (Å²) in [7, 11) is 1.82. The van der Waals surface area contributed by atoms with Crippen molar-refractivity contribution in [2.45, 2.75) is 59.0 Å². The first kappa shape index (κ1) is 22.6. The molecule has 0 amide bonds. The summed E-state index contributed by atoms with van der Waals surface area (Å²) >= 11 is 1.71. The van der Waals surface area contributed by atoms with Crippen molar-refractivity contribution in [1.82, 2.24) is 20.5 Å². The number of guanidine groups is 1. The summed E-state index contributed by atoms with van der Waals surface area (Å²) in [4.78, 5) is 11.6. The Balaban J connectivity index is 0.00000312. The van der Waals surface area contributed by atoms with Gasteiger partial charge in [0.25, 0.3) is 0 Å². The number of aromatic nitrogens is 1. The summed E-state index contributed by atoms with van der Waals surface area (Å²) in [5.41, 5.74) is 1.17. The van der Waals surface area contributed by atoms with Crippen LogP contribution in [-0.4, -0.2) is 48.6 Å². The molecule has 1 aliphatic heterocycles. The lowest BCUT2D eigenvalue weighted by Gasteiger charge is -2.35. The SMILES string of the molecule is CN=C(NCc1nc(C(C)C)cs1)NCC(C)N1CCC(C)CC1.I. The molecule has 0 aromatic carbocycles. The van der Waals surface area contributed by atoms with Gasteiger partial charge in [0.2, 0.25) is 0 Å². The van der Waals surface area contributed by atoms with Crippen LogP contribution in [0, 0.1) is 5.92 Å². The lowest BCUT2D eigenvalue weighted by atomic mass is 9.98. The molecule has 1 aromatic rings. The largest absolute Gasteiger partial charge is 0.355 e. The summed E-state index contributed by atoms with van der Waals surface area (Å²) in [5.74, 6) is 2.22. The first-order valence-electron chi connectivity index (χ1n) is 9.12. The Bertz CT molecular complexity index is 523. The minimum Gasteiger partial charge on any atom is -0.355 e. The second-order valence-corrected chi connectivity index (χ2v) is 8.14. The maximum atomic E-state index is 4.66. The van der Waals surface area contributed by atoms with E-state index in [9.17, 15) is 0 Å². The molecule has 5 nitrogen and oxygen atoms in total. The first-order chi connectivity index (χ1) is 11.5. The van der Waals surface area contributed by atoms with Crippen LogP contribution >= 0.6 is 35.3 Å². The molecule has 1 aliphatic rings. The number of likely N-dealkylation sites (tertiary alicyclic amines) is 1. The Labute approximate surface area is 174 Å². The van der Waals surface area contributed by atoms with E-state index in [4.69, 9.17) is 0 Å². The summed E-state index contributed by atoms with van der Waals surface area (Å²) < 4.78 is 0. The molecule has 0 bridgehead atoms. The van der Waals surface area contributed by atoms with Gasteiger partial charge in [-0.15, -0.1) is 35.3 Å². The molecular formula is C18H34IN5S. The topological polar surface area (TPSA) is 52.6 Å². The third kappa shape index (κ3) is 7.38. The molecule has 144 valence electrons. The molecule has 2 rings (SSSR count). The molecule has 0 aliphatic carbocycles. The van der Waals surface area contributed by atoms with Gasteiger partial charge >= 0.3 is 0 Å². The molecule has 25 heavy (non-hydrogen) atoms. The maximum absolute atomic E-state index is 4.66. The van der Waals surface area contributed by atoms with E-state index < -0.39 is 0 Å². The van der Waals surface area contributed by atoms with Crippen molar-refractivity contribution in [1.29, 1.82) is 0 Å². The molecule has 1 atom stereocenters. The lowest BCUT2D eigenvalue weighted by Crippen LogP contribution is -2.47. The van der Waals surface area contributed by atoms with Gasteiger partial charge in [-0.05, 0) is 44.7 Å². The van der Waals surface area contributed by atoms with E-state index in [0.717, 1.165) is 30.0 Å². The molecule has 0 spiro atoms. The number of nitrogens with one attached hydrogen (secondary N) is 2. The van der Waals surface area contributed by atoms with Crippen molar-refractivity contribution in [3.8, 4) is 0 Å². The van der Waals surface area contributed by atoms with Gasteiger partial charge < -0.3 is 10.6 Å². The highest BCUT2D eigenvalue weighted by atomic mass is 127. The fourth-order valence-corrected chi connectivity index (χ4v) is 3.79. The molecule has 0 radical (unpaired) electrons. The van der Waals surface area contributed by atoms with Crippen LogP contribution in [0.5, 0.6) is 0 Å². The predicted octanol–water partition coefficient (Wildman–Crippen LogP) is 3.67. The maximum Gasteiger partial charge on any atom is 0.191 e. The zero-order chi connectivity index (χ0) is 17.5. The highest BCUT2D eigenvalue weighted by molar-refractivity contribution is 14.0. The van der Waals surface area contributed by atoms with Crippen LogP contribution in [0.1, 0.15) is 57.2 Å². The van der Waals surface area contributed by atoms with Crippen molar-refractivity contribution in [3.63, 3.8) is 0 Å². The fraction of sp³-hybridized carbons (Fsp3) is 0.778. The zero-order valence-corrected chi connectivity index (χ0v) is 19.4. The quantitative estimate of drug-likeness (QED) is 0.372. The second-order valence-electron chi connectivity index (χ2n) is 7.19. The van der Waals surface area contributed by atoms with Gasteiger partial charge in [-0.1, -0.05) is 20.8 Å². The number of hydrogen-bond donors (Lipinski definition) is 2. The Morgan fingerprint density at radius 1 is 1.32 bits per heavy atom. The number of nitrogens with zero attached hydrogens (tertiary/aromatic N) is 3. The van der Waals surface area contributed by atoms with E-state index in [1.165, 1.54) is 31.6 Å². The summed E-state index contributed by atoms with van der Waals surface area (Å²) in [6.07, 6.45) is 2.64. The normalized spacial score (nSPS) is 18.1. The molecule has 7 heteroatoms. The van der Waals surface area contributed by atoms with Crippen LogP contribution < -0.4 is 10.6 Å². The van der Waals surface area contributed by atoms with Crippen molar-refractivity contribution in [2.24, 2.45) is 10.9 Å². The van der Waals surface area contributed by atoms with Crippen LogP contribution in [0.3, 0.4) is 0 Å². The van der Waals surface area contributed by atoms with Gasteiger partial charge in [0.15, 0.2) is 5.96 Å². The second kappa shape index (κ2) is 11.3. The van der Waals surface area contributed by atoms with Crippen LogP contribution in [0.25, 0.3) is 0 Å². The molecule has 1 aromatic heterocycles. The van der Waals surface area contributed by atoms with Gasteiger partial charge in [-0.2, -0.15) is 0 Å². The zero-order valence-electron chi connectivity index (χ0n) is 16.2. The number of piperidine rings is 1. The standard InChI is InChI=1S/C18H33N5S.HI/c1-13(2)16-12-24-17(22-16)11-21-18(19-5)20-10-15(4)23-8-6-14(3)7-9-23;/h12-15H,6-11H2,1-5H3,(H2,19,20,21);1H. The highest BCUT2D eigenvalue weighted by Gasteiger charge is 2.20. The third-order valence-electron chi connectivity index (χ3n) is 4.80. The Hall–Kier alpha value is -0.410. The average Bonchev–Trinajstić information content (AvgIpc) is 3.04. The summed E-state index contributed by atoms with van der Waals surface area (Å²) in [5, 5.41) is 10.1. The summed E-state index contributed by atoms with van der Waals surface area (Å²) in [6, 6.07) is 0.531. The van der Waals surface area contributed by atoms with E-state index in [0.29, 0.717) is 12.0 Å². The molecule has 0 saturated carbocycles. The third-order valence-corrected chi connectivity index (χ3v) is 5.67. The number of halogens is 1. The Morgan fingerprint density at radius 3 is 2.56 bits per heavy atom. The Kier molecular flexibility index (Phi) is 10.3. The van der Waals surface area contributed by atoms with Crippen LogP contribution in [0.4, 0.5) is 0 Å². The van der Waals surface area contributed by atoms with Crippen LogP contribution in [-0.2, 0) is 6.54 Å². The number of rotatable bonds is 6. The fourth-order valence-electron chi connectivity index (χ4n) is 2.89. The molecule has 2 N–H and O–H groups in total. The minimum atomic E-state index is 0. The summed E-state index contributed by atoms with van der Waals surface area (Å²) in [6.45, 7) is 13.1. The van der Waals surface area contributed by atoms with Gasteiger partial charge in [0, 0.05) is 25.0 Å². The van der Waals surface area contributed by atoms with Crippen molar-refractivity contribution in [3.05, 3.63) is 16.1 Å². The molecular weight excluding hydrogens is 445 g/mol. The molecule has 1 unspecified atom stereocenters. The number of hydrogen-bond acceptors (Lipinski definition) is 4. The van der Waals surface area contributed by atoms with Crippen molar-refractivity contribution >= 4 is 41.3 Å². The highest BCUT2D eigenvalue weighted by Crippen LogP contribution is 2.18.